The summed E-state index contributed by atoms with van der Waals surface area (Å²) in [6.45, 7) is 10.8. The van der Waals surface area contributed by atoms with Crippen LogP contribution in [-0.4, -0.2) is 54.6 Å². The molecular weight excluding hydrogens is 210 g/mol. The second kappa shape index (κ2) is 6.17. The van der Waals surface area contributed by atoms with Crippen LogP contribution in [0.5, 0.6) is 0 Å². The number of fused-ring (bicyclic) bond motifs is 1. The molecule has 2 aliphatic heterocycles. The lowest BCUT2D eigenvalue weighted by Crippen LogP contribution is -2.42. The van der Waals surface area contributed by atoms with Crippen molar-refractivity contribution >= 4 is 0 Å². The van der Waals surface area contributed by atoms with Crippen molar-refractivity contribution in [1.82, 2.24) is 9.80 Å². The van der Waals surface area contributed by atoms with Crippen LogP contribution in [0.4, 0.5) is 0 Å². The third kappa shape index (κ3) is 3.94. The minimum Gasteiger partial charge on any atom is -0.327 e. The second-order valence-electron chi connectivity index (χ2n) is 6.33. The zero-order chi connectivity index (χ0) is 12.3. The van der Waals surface area contributed by atoms with Gasteiger partial charge in [-0.25, -0.2) is 0 Å². The predicted octanol–water partition coefficient (Wildman–Crippen LogP) is 1.53. The Morgan fingerprint density at radius 1 is 1.18 bits per heavy atom. The molecule has 0 spiro atoms. The Bertz CT molecular complexity index is 230. The fourth-order valence-corrected chi connectivity index (χ4v) is 3.46. The third-order valence-corrected chi connectivity index (χ3v) is 4.15. The topological polar surface area (TPSA) is 32.5 Å². The number of hydrogen-bond acceptors (Lipinski definition) is 3. The summed E-state index contributed by atoms with van der Waals surface area (Å²) >= 11 is 0. The first-order valence-electron chi connectivity index (χ1n) is 7.37. The summed E-state index contributed by atoms with van der Waals surface area (Å²) in [4.78, 5) is 5.30. The monoisotopic (exact) mass is 239 g/mol. The number of hydrogen-bond donors (Lipinski definition) is 1. The van der Waals surface area contributed by atoms with Crippen LogP contribution in [-0.2, 0) is 0 Å². The van der Waals surface area contributed by atoms with Crippen molar-refractivity contribution in [2.75, 3.05) is 32.7 Å². The van der Waals surface area contributed by atoms with Gasteiger partial charge >= 0.3 is 0 Å². The molecule has 0 aliphatic carbocycles. The van der Waals surface area contributed by atoms with Crippen LogP contribution in [0.3, 0.4) is 0 Å². The van der Waals surface area contributed by atoms with E-state index in [2.05, 4.69) is 23.6 Å². The lowest BCUT2D eigenvalue weighted by molar-refractivity contribution is 0.208. The van der Waals surface area contributed by atoms with Gasteiger partial charge in [-0.2, -0.15) is 0 Å². The molecule has 2 N–H and O–H groups in total. The highest BCUT2D eigenvalue weighted by atomic mass is 15.3. The summed E-state index contributed by atoms with van der Waals surface area (Å²) in [7, 11) is 0. The van der Waals surface area contributed by atoms with Gasteiger partial charge in [0, 0.05) is 25.2 Å². The van der Waals surface area contributed by atoms with E-state index in [1.165, 1.54) is 45.4 Å². The van der Waals surface area contributed by atoms with E-state index in [0.29, 0.717) is 6.04 Å². The van der Waals surface area contributed by atoms with Gasteiger partial charge in [0.05, 0.1) is 0 Å². The minimum absolute atomic E-state index is 0.364. The van der Waals surface area contributed by atoms with Crippen molar-refractivity contribution in [2.45, 2.75) is 51.6 Å². The van der Waals surface area contributed by atoms with Crippen LogP contribution in [0.15, 0.2) is 0 Å². The van der Waals surface area contributed by atoms with Crippen molar-refractivity contribution in [3.63, 3.8) is 0 Å². The molecule has 2 heterocycles. The zero-order valence-corrected chi connectivity index (χ0v) is 11.6. The van der Waals surface area contributed by atoms with Crippen molar-refractivity contribution < 1.29 is 0 Å². The van der Waals surface area contributed by atoms with Crippen LogP contribution in [0.1, 0.15) is 39.5 Å². The van der Waals surface area contributed by atoms with E-state index in [4.69, 9.17) is 5.73 Å². The van der Waals surface area contributed by atoms with E-state index < -0.39 is 0 Å². The molecule has 2 rings (SSSR count). The first-order chi connectivity index (χ1) is 8.15. The molecule has 100 valence electrons. The van der Waals surface area contributed by atoms with E-state index in [0.717, 1.165) is 24.9 Å². The summed E-state index contributed by atoms with van der Waals surface area (Å²) in [5, 5.41) is 0. The van der Waals surface area contributed by atoms with E-state index >= 15 is 0 Å². The normalized spacial score (nSPS) is 29.3. The molecular formula is C14H29N3. The lowest BCUT2D eigenvalue weighted by Gasteiger charge is -2.28. The predicted molar refractivity (Wildman–Crippen MR) is 73.1 cm³/mol. The number of nitrogens with two attached hydrogens (primary N) is 1. The zero-order valence-electron chi connectivity index (χ0n) is 11.6. The summed E-state index contributed by atoms with van der Waals surface area (Å²) in [6, 6.07) is 1.19. The van der Waals surface area contributed by atoms with Crippen LogP contribution in [0.25, 0.3) is 0 Å². The van der Waals surface area contributed by atoms with Crippen molar-refractivity contribution in [3.8, 4) is 0 Å². The number of nitrogens with zero attached hydrogens (tertiary/aromatic N) is 2. The van der Waals surface area contributed by atoms with Crippen molar-refractivity contribution in [2.24, 2.45) is 11.7 Å². The summed E-state index contributed by atoms with van der Waals surface area (Å²) in [6.07, 6.45) is 5.28. The first kappa shape index (κ1) is 13.3. The molecule has 2 aliphatic rings. The molecule has 0 aromatic carbocycles. The highest BCUT2D eigenvalue weighted by molar-refractivity contribution is 4.86. The molecule has 0 aromatic heterocycles. The second-order valence-corrected chi connectivity index (χ2v) is 6.33. The van der Waals surface area contributed by atoms with Gasteiger partial charge < -0.3 is 10.6 Å². The molecule has 2 atom stereocenters. The first-order valence-corrected chi connectivity index (χ1v) is 7.37. The maximum Gasteiger partial charge on any atom is 0.0223 e. The van der Waals surface area contributed by atoms with Crippen LogP contribution >= 0.6 is 0 Å². The van der Waals surface area contributed by atoms with E-state index in [1.54, 1.807) is 0 Å². The van der Waals surface area contributed by atoms with Gasteiger partial charge in [-0.05, 0) is 51.2 Å². The Morgan fingerprint density at radius 2 is 1.94 bits per heavy atom. The Kier molecular flexibility index (Phi) is 4.83. The van der Waals surface area contributed by atoms with E-state index in [-0.39, 0.29) is 0 Å². The summed E-state index contributed by atoms with van der Waals surface area (Å²) < 4.78 is 0. The molecule has 0 aromatic rings. The summed E-state index contributed by atoms with van der Waals surface area (Å²) in [5.41, 5.74) is 6.24. The molecule has 2 saturated heterocycles. The highest BCUT2D eigenvalue weighted by Crippen LogP contribution is 2.21. The van der Waals surface area contributed by atoms with Gasteiger partial charge in [-0.15, -0.1) is 0 Å². The fraction of sp³-hybridized carbons (Fsp3) is 1.00. The average molecular weight is 239 g/mol. The van der Waals surface area contributed by atoms with Crippen molar-refractivity contribution in [3.05, 3.63) is 0 Å². The van der Waals surface area contributed by atoms with Gasteiger partial charge in [-0.3, -0.25) is 4.90 Å². The Hall–Kier alpha value is -0.120. The Balaban J connectivity index is 1.80. The van der Waals surface area contributed by atoms with Crippen LogP contribution in [0, 0.1) is 5.92 Å². The molecule has 0 amide bonds. The average Bonchev–Trinajstić information content (AvgIpc) is 2.56. The van der Waals surface area contributed by atoms with Gasteiger partial charge in [0.1, 0.15) is 0 Å². The molecule has 2 fully saturated rings. The molecule has 0 bridgehead atoms. The molecule has 0 radical (unpaired) electrons. The lowest BCUT2D eigenvalue weighted by atomic mass is 10.0. The molecule has 3 nitrogen and oxygen atoms in total. The summed E-state index contributed by atoms with van der Waals surface area (Å²) in [5.74, 6) is 0.722. The maximum atomic E-state index is 6.24. The van der Waals surface area contributed by atoms with Gasteiger partial charge in [0.2, 0.25) is 0 Å². The van der Waals surface area contributed by atoms with Gasteiger partial charge in [0.15, 0.2) is 0 Å². The SMILES string of the molecule is CC(C)CC(N)CN1CCCN2CCCC2C1. The van der Waals surface area contributed by atoms with Crippen molar-refractivity contribution in [1.29, 1.82) is 0 Å². The smallest absolute Gasteiger partial charge is 0.0223 e. The Morgan fingerprint density at radius 3 is 2.71 bits per heavy atom. The van der Waals surface area contributed by atoms with Crippen LogP contribution < -0.4 is 5.73 Å². The third-order valence-electron chi connectivity index (χ3n) is 4.15. The maximum absolute atomic E-state index is 6.24. The molecule has 0 saturated carbocycles. The van der Waals surface area contributed by atoms with E-state index in [1.807, 2.05) is 0 Å². The Labute approximate surface area is 106 Å². The minimum atomic E-state index is 0.364. The molecule has 3 heteroatoms. The van der Waals surface area contributed by atoms with Gasteiger partial charge in [0.25, 0.3) is 0 Å². The molecule has 17 heavy (non-hydrogen) atoms. The standard InChI is InChI=1S/C14H29N3/c1-12(2)9-13(15)10-16-6-4-8-17-7-3-5-14(17)11-16/h12-14H,3-11,15H2,1-2H3. The largest absolute Gasteiger partial charge is 0.327 e. The van der Waals surface area contributed by atoms with E-state index in [9.17, 15) is 0 Å². The highest BCUT2D eigenvalue weighted by Gasteiger charge is 2.28. The quantitative estimate of drug-likeness (QED) is 0.807. The van der Waals surface area contributed by atoms with Gasteiger partial charge in [-0.1, -0.05) is 13.8 Å². The fourth-order valence-electron chi connectivity index (χ4n) is 3.46. The molecule has 2 unspecified atom stereocenters. The number of rotatable bonds is 4. The van der Waals surface area contributed by atoms with Crippen LogP contribution in [0.2, 0.25) is 0 Å².